The standard InChI is InChI=1S/C15H12N2O3/c1-19-15-7-11(9-18)2-3-14(15)20-10-12-4-5-17-13(6-12)8-16/h2-7,9H,10H2,1H3. The number of pyridine rings is 1. The minimum absolute atomic E-state index is 0.286. The molecule has 20 heavy (non-hydrogen) atoms. The van der Waals surface area contributed by atoms with E-state index >= 15 is 0 Å². The average Bonchev–Trinajstić information content (AvgIpc) is 2.52. The Kier molecular flexibility index (Phi) is 4.30. The van der Waals surface area contributed by atoms with Crippen molar-refractivity contribution < 1.29 is 14.3 Å². The van der Waals surface area contributed by atoms with Crippen LogP contribution in [-0.4, -0.2) is 18.4 Å². The second kappa shape index (κ2) is 6.34. The summed E-state index contributed by atoms with van der Waals surface area (Å²) in [5.74, 6) is 1.03. The largest absolute Gasteiger partial charge is 0.493 e. The maximum absolute atomic E-state index is 10.7. The Morgan fingerprint density at radius 1 is 1.30 bits per heavy atom. The number of rotatable bonds is 5. The van der Waals surface area contributed by atoms with Crippen LogP contribution in [0.3, 0.4) is 0 Å². The SMILES string of the molecule is COc1cc(C=O)ccc1OCc1ccnc(C#N)c1. The Hall–Kier alpha value is -2.87. The number of carbonyl (C=O) groups excluding carboxylic acids is 1. The maximum Gasteiger partial charge on any atom is 0.161 e. The van der Waals surface area contributed by atoms with Gasteiger partial charge in [-0.2, -0.15) is 5.26 Å². The molecule has 0 aliphatic rings. The molecular formula is C15H12N2O3. The molecule has 0 N–H and O–H groups in total. The zero-order valence-corrected chi connectivity index (χ0v) is 10.9. The molecule has 5 heteroatoms. The van der Waals surface area contributed by atoms with E-state index in [0.717, 1.165) is 11.8 Å². The van der Waals surface area contributed by atoms with E-state index in [0.29, 0.717) is 22.8 Å². The zero-order valence-electron chi connectivity index (χ0n) is 10.9. The van der Waals surface area contributed by atoms with E-state index in [1.807, 2.05) is 6.07 Å². The quantitative estimate of drug-likeness (QED) is 0.778. The molecule has 0 aliphatic carbocycles. The Bertz CT molecular complexity index is 662. The number of hydrogen-bond donors (Lipinski definition) is 0. The molecule has 0 fully saturated rings. The summed E-state index contributed by atoms with van der Waals surface area (Å²) in [7, 11) is 1.51. The number of benzene rings is 1. The third-order valence-electron chi connectivity index (χ3n) is 2.66. The van der Waals surface area contributed by atoms with E-state index in [4.69, 9.17) is 14.7 Å². The second-order valence-corrected chi connectivity index (χ2v) is 3.98. The van der Waals surface area contributed by atoms with E-state index in [1.165, 1.54) is 7.11 Å². The lowest BCUT2D eigenvalue weighted by molar-refractivity contribution is 0.112. The van der Waals surface area contributed by atoms with Gasteiger partial charge in [-0.15, -0.1) is 0 Å². The summed E-state index contributed by atoms with van der Waals surface area (Å²) >= 11 is 0. The Labute approximate surface area is 116 Å². The minimum Gasteiger partial charge on any atom is -0.493 e. The first-order valence-corrected chi connectivity index (χ1v) is 5.88. The molecular weight excluding hydrogens is 256 g/mol. The molecule has 0 amide bonds. The van der Waals surface area contributed by atoms with Gasteiger partial charge >= 0.3 is 0 Å². The number of carbonyl (C=O) groups is 1. The average molecular weight is 268 g/mol. The van der Waals surface area contributed by atoms with Gasteiger partial charge in [-0.1, -0.05) is 0 Å². The second-order valence-electron chi connectivity index (χ2n) is 3.98. The van der Waals surface area contributed by atoms with Crippen molar-refractivity contribution in [2.45, 2.75) is 6.61 Å². The summed E-state index contributed by atoms with van der Waals surface area (Å²) in [5.41, 5.74) is 1.69. The van der Waals surface area contributed by atoms with Gasteiger partial charge in [-0.05, 0) is 35.9 Å². The highest BCUT2D eigenvalue weighted by molar-refractivity contribution is 5.76. The number of aldehydes is 1. The van der Waals surface area contributed by atoms with Gasteiger partial charge < -0.3 is 9.47 Å². The highest BCUT2D eigenvalue weighted by atomic mass is 16.5. The molecule has 0 spiro atoms. The van der Waals surface area contributed by atoms with Gasteiger partial charge in [-0.25, -0.2) is 4.98 Å². The molecule has 1 aromatic heterocycles. The Morgan fingerprint density at radius 2 is 2.15 bits per heavy atom. The van der Waals surface area contributed by atoms with Gasteiger partial charge in [-0.3, -0.25) is 4.79 Å². The number of hydrogen-bond acceptors (Lipinski definition) is 5. The smallest absolute Gasteiger partial charge is 0.161 e. The molecule has 2 rings (SSSR count). The van der Waals surface area contributed by atoms with Crippen LogP contribution in [0.25, 0.3) is 0 Å². The van der Waals surface area contributed by atoms with Crippen LogP contribution in [-0.2, 0) is 6.61 Å². The van der Waals surface area contributed by atoms with E-state index in [1.54, 1.807) is 36.5 Å². The zero-order chi connectivity index (χ0) is 14.4. The van der Waals surface area contributed by atoms with Crippen molar-refractivity contribution in [3.8, 4) is 17.6 Å². The Balaban J connectivity index is 2.14. The van der Waals surface area contributed by atoms with Crippen LogP contribution in [0.2, 0.25) is 0 Å². The summed E-state index contributed by atoms with van der Waals surface area (Å²) in [6.45, 7) is 0.286. The number of ether oxygens (including phenoxy) is 2. The van der Waals surface area contributed by atoms with E-state index in [9.17, 15) is 4.79 Å². The summed E-state index contributed by atoms with van der Waals surface area (Å²) in [4.78, 5) is 14.6. The topological polar surface area (TPSA) is 72.2 Å². The molecule has 0 saturated carbocycles. The van der Waals surface area contributed by atoms with Gasteiger partial charge in [0.15, 0.2) is 11.5 Å². The van der Waals surface area contributed by atoms with Crippen molar-refractivity contribution in [1.29, 1.82) is 5.26 Å². The molecule has 0 saturated heterocycles. The van der Waals surface area contributed by atoms with Crippen LogP contribution in [0.5, 0.6) is 11.5 Å². The third kappa shape index (κ3) is 3.12. The molecule has 0 unspecified atom stereocenters. The summed E-state index contributed by atoms with van der Waals surface area (Å²) < 4.78 is 10.8. The first-order valence-electron chi connectivity index (χ1n) is 5.88. The maximum atomic E-state index is 10.7. The van der Waals surface area contributed by atoms with Gasteiger partial charge in [0.25, 0.3) is 0 Å². The first-order chi connectivity index (χ1) is 9.76. The fraction of sp³-hybridized carbons (Fsp3) is 0.133. The predicted molar refractivity (Wildman–Crippen MR) is 71.7 cm³/mol. The minimum atomic E-state index is 0.286. The van der Waals surface area contributed by atoms with Crippen LogP contribution in [0.1, 0.15) is 21.6 Å². The first kappa shape index (κ1) is 13.6. The van der Waals surface area contributed by atoms with Gasteiger partial charge in [0, 0.05) is 11.8 Å². The van der Waals surface area contributed by atoms with Crippen LogP contribution in [0.15, 0.2) is 36.5 Å². The highest BCUT2D eigenvalue weighted by Crippen LogP contribution is 2.28. The highest BCUT2D eigenvalue weighted by Gasteiger charge is 2.06. The molecule has 5 nitrogen and oxygen atoms in total. The van der Waals surface area contributed by atoms with Crippen molar-refractivity contribution in [2.75, 3.05) is 7.11 Å². The number of methoxy groups -OCH3 is 1. The number of nitriles is 1. The van der Waals surface area contributed by atoms with Gasteiger partial charge in [0.2, 0.25) is 0 Å². The lowest BCUT2D eigenvalue weighted by atomic mass is 10.2. The monoisotopic (exact) mass is 268 g/mol. The molecule has 1 heterocycles. The van der Waals surface area contributed by atoms with Crippen LogP contribution >= 0.6 is 0 Å². The molecule has 0 radical (unpaired) electrons. The van der Waals surface area contributed by atoms with E-state index in [2.05, 4.69) is 4.98 Å². The molecule has 0 aliphatic heterocycles. The summed E-state index contributed by atoms with van der Waals surface area (Å²) in [5, 5.41) is 8.78. The van der Waals surface area contributed by atoms with Crippen molar-refractivity contribution in [2.24, 2.45) is 0 Å². The van der Waals surface area contributed by atoms with Crippen LogP contribution in [0, 0.1) is 11.3 Å². The fourth-order valence-electron chi connectivity index (χ4n) is 1.66. The molecule has 1 aromatic carbocycles. The molecule has 100 valence electrons. The van der Waals surface area contributed by atoms with Crippen LogP contribution in [0.4, 0.5) is 0 Å². The number of nitrogens with zero attached hydrogens (tertiary/aromatic N) is 2. The van der Waals surface area contributed by atoms with Crippen LogP contribution < -0.4 is 9.47 Å². The van der Waals surface area contributed by atoms with Gasteiger partial charge in [0.1, 0.15) is 24.7 Å². The van der Waals surface area contributed by atoms with E-state index in [-0.39, 0.29) is 6.61 Å². The van der Waals surface area contributed by atoms with Crippen molar-refractivity contribution in [1.82, 2.24) is 4.98 Å². The predicted octanol–water partition coefficient (Wildman–Crippen LogP) is 2.35. The van der Waals surface area contributed by atoms with Gasteiger partial charge in [0.05, 0.1) is 7.11 Å². The summed E-state index contributed by atoms with van der Waals surface area (Å²) in [6, 6.07) is 10.3. The lowest BCUT2D eigenvalue weighted by Crippen LogP contribution is -1.99. The van der Waals surface area contributed by atoms with Crippen molar-refractivity contribution in [3.05, 3.63) is 53.3 Å². The van der Waals surface area contributed by atoms with Crippen molar-refractivity contribution in [3.63, 3.8) is 0 Å². The molecule has 0 bridgehead atoms. The normalized spacial score (nSPS) is 9.60. The third-order valence-corrected chi connectivity index (χ3v) is 2.66. The van der Waals surface area contributed by atoms with Crippen molar-refractivity contribution >= 4 is 6.29 Å². The fourth-order valence-corrected chi connectivity index (χ4v) is 1.66. The molecule has 0 atom stereocenters. The number of aromatic nitrogens is 1. The summed E-state index contributed by atoms with van der Waals surface area (Å²) in [6.07, 6.45) is 2.30. The lowest BCUT2D eigenvalue weighted by Gasteiger charge is -2.11. The van der Waals surface area contributed by atoms with E-state index < -0.39 is 0 Å². The Morgan fingerprint density at radius 3 is 2.85 bits per heavy atom. The molecule has 2 aromatic rings.